The van der Waals surface area contributed by atoms with E-state index in [2.05, 4.69) is 17.4 Å². The van der Waals surface area contributed by atoms with Crippen molar-refractivity contribution in [3.8, 4) is 0 Å². The molecule has 0 spiro atoms. The Morgan fingerprint density at radius 2 is 2.00 bits per heavy atom. The van der Waals surface area contributed by atoms with Gasteiger partial charge in [0.2, 0.25) is 0 Å². The van der Waals surface area contributed by atoms with Gasteiger partial charge in [0.05, 0.1) is 5.75 Å². The minimum Gasteiger partial charge on any atom is -0.310 e. The molecule has 3 nitrogen and oxygen atoms in total. The zero-order valence-electron chi connectivity index (χ0n) is 9.67. The maximum absolute atomic E-state index is 11.2. The molecule has 17 heavy (non-hydrogen) atoms. The third kappa shape index (κ3) is 3.98. The zero-order chi connectivity index (χ0) is 12.1. The van der Waals surface area contributed by atoms with Crippen LogP contribution >= 0.6 is 0 Å². The highest BCUT2D eigenvalue weighted by Gasteiger charge is 2.20. The molecule has 0 aliphatic carbocycles. The average Bonchev–Trinajstić information content (AvgIpc) is 2.66. The zero-order valence-corrected chi connectivity index (χ0v) is 10.5. The van der Waals surface area contributed by atoms with Gasteiger partial charge in [-0.05, 0) is 24.9 Å². The van der Waals surface area contributed by atoms with Crippen molar-refractivity contribution in [1.82, 2.24) is 5.32 Å². The van der Waals surface area contributed by atoms with Gasteiger partial charge in [0.15, 0.2) is 9.84 Å². The lowest BCUT2D eigenvalue weighted by atomic mass is 10.1. The Morgan fingerprint density at radius 1 is 1.24 bits per heavy atom. The summed E-state index contributed by atoms with van der Waals surface area (Å²) < 4.78 is 22.3. The molecular weight excluding hydrogens is 234 g/mol. The molecule has 1 atom stereocenters. The molecule has 2 rings (SSSR count). The fraction of sp³-hybridized carbons (Fsp3) is 0.385. The van der Waals surface area contributed by atoms with E-state index in [-0.39, 0.29) is 11.8 Å². The highest BCUT2D eigenvalue weighted by molar-refractivity contribution is 7.94. The third-order valence-electron chi connectivity index (χ3n) is 2.82. The van der Waals surface area contributed by atoms with Crippen molar-refractivity contribution in [3.63, 3.8) is 0 Å². The quantitative estimate of drug-likeness (QED) is 0.807. The van der Waals surface area contributed by atoms with Crippen molar-refractivity contribution >= 4 is 9.84 Å². The normalized spacial score (nSPS) is 21.8. The Balaban J connectivity index is 1.66. The molecule has 1 aromatic rings. The summed E-state index contributed by atoms with van der Waals surface area (Å²) in [5, 5.41) is 4.55. The molecule has 1 N–H and O–H groups in total. The maximum Gasteiger partial charge on any atom is 0.173 e. The van der Waals surface area contributed by atoms with E-state index in [1.165, 1.54) is 11.0 Å². The fourth-order valence-corrected chi connectivity index (χ4v) is 3.20. The second-order valence-electron chi connectivity index (χ2n) is 4.31. The van der Waals surface area contributed by atoms with E-state index < -0.39 is 9.84 Å². The van der Waals surface area contributed by atoms with Gasteiger partial charge in [-0.25, -0.2) is 8.42 Å². The number of hydrogen-bond acceptors (Lipinski definition) is 3. The van der Waals surface area contributed by atoms with Crippen molar-refractivity contribution in [2.45, 2.75) is 18.9 Å². The summed E-state index contributed by atoms with van der Waals surface area (Å²) in [6, 6.07) is 10.3. The summed E-state index contributed by atoms with van der Waals surface area (Å²) in [7, 11) is -2.93. The van der Waals surface area contributed by atoms with Crippen molar-refractivity contribution in [3.05, 3.63) is 47.4 Å². The summed E-state index contributed by atoms with van der Waals surface area (Å²) in [6.07, 6.45) is 3.78. The molecular formula is C13H17NO2S. The standard InChI is InChI=1S/C13H17NO2S/c15-17(16)10-8-13(11-17)14-9-4-7-12-5-2-1-3-6-12/h1-3,5-6,8,10,13-14H,4,7,9,11H2. The third-order valence-corrected chi connectivity index (χ3v) is 4.22. The minimum atomic E-state index is -2.93. The van der Waals surface area contributed by atoms with Crippen molar-refractivity contribution in [1.29, 1.82) is 0 Å². The predicted octanol–water partition coefficient (Wildman–Crippen LogP) is 1.52. The van der Waals surface area contributed by atoms with E-state index >= 15 is 0 Å². The van der Waals surface area contributed by atoms with Crippen molar-refractivity contribution < 1.29 is 8.42 Å². The van der Waals surface area contributed by atoms with Crippen LogP contribution in [0.3, 0.4) is 0 Å². The first-order valence-electron chi connectivity index (χ1n) is 5.84. The molecule has 1 aliphatic heterocycles. The van der Waals surface area contributed by atoms with Crippen LogP contribution < -0.4 is 5.32 Å². The second kappa shape index (κ2) is 5.47. The number of benzene rings is 1. The number of nitrogens with one attached hydrogen (secondary N) is 1. The molecule has 4 heteroatoms. The van der Waals surface area contributed by atoms with Crippen LogP contribution in [0.4, 0.5) is 0 Å². The van der Waals surface area contributed by atoms with Gasteiger partial charge in [-0.3, -0.25) is 0 Å². The van der Waals surface area contributed by atoms with Gasteiger partial charge in [-0.1, -0.05) is 36.4 Å². The molecule has 1 aromatic carbocycles. The first-order valence-corrected chi connectivity index (χ1v) is 7.55. The van der Waals surface area contributed by atoms with Gasteiger partial charge in [0, 0.05) is 11.4 Å². The van der Waals surface area contributed by atoms with E-state index in [9.17, 15) is 8.42 Å². The monoisotopic (exact) mass is 251 g/mol. The lowest BCUT2D eigenvalue weighted by molar-refractivity contribution is 0.583. The van der Waals surface area contributed by atoms with Crippen LogP contribution in [0.2, 0.25) is 0 Å². The Kier molecular flexibility index (Phi) is 3.97. The molecule has 1 heterocycles. The Hall–Kier alpha value is -1.13. The first-order chi connectivity index (χ1) is 8.16. The maximum atomic E-state index is 11.2. The van der Waals surface area contributed by atoms with E-state index in [1.807, 2.05) is 18.2 Å². The van der Waals surface area contributed by atoms with Crippen LogP contribution in [0, 0.1) is 0 Å². The second-order valence-corrected chi connectivity index (χ2v) is 6.24. The Bertz CT molecular complexity index is 479. The molecule has 1 aliphatic rings. The van der Waals surface area contributed by atoms with Gasteiger partial charge in [-0.2, -0.15) is 0 Å². The highest BCUT2D eigenvalue weighted by Crippen LogP contribution is 2.08. The predicted molar refractivity (Wildman–Crippen MR) is 69.5 cm³/mol. The van der Waals surface area contributed by atoms with Gasteiger partial charge in [-0.15, -0.1) is 0 Å². The SMILES string of the molecule is O=S1(=O)C=CC(NCCCc2ccccc2)C1. The lowest BCUT2D eigenvalue weighted by Crippen LogP contribution is -2.30. The van der Waals surface area contributed by atoms with Crippen LogP contribution in [-0.2, 0) is 16.3 Å². The smallest absolute Gasteiger partial charge is 0.173 e. The number of hydrogen-bond donors (Lipinski definition) is 1. The molecule has 0 aromatic heterocycles. The molecule has 0 saturated carbocycles. The number of sulfone groups is 1. The van der Waals surface area contributed by atoms with Gasteiger partial charge >= 0.3 is 0 Å². The molecule has 0 saturated heterocycles. The summed E-state index contributed by atoms with van der Waals surface area (Å²) in [6.45, 7) is 0.847. The van der Waals surface area contributed by atoms with E-state index in [1.54, 1.807) is 6.08 Å². The van der Waals surface area contributed by atoms with Crippen LogP contribution in [0.25, 0.3) is 0 Å². The van der Waals surface area contributed by atoms with Gasteiger partial charge in [0.25, 0.3) is 0 Å². The number of aryl methyl sites for hydroxylation is 1. The van der Waals surface area contributed by atoms with Crippen molar-refractivity contribution in [2.24, 2.45) is 0 Å². The van der Waals surface area contributed by atoms with Crippen LogP contribution in [0.15, 0.2) is 41.8 Å². The highest BCUT2D eigenvalue weighted by atomic mass is 32.2. The largest absolute Gasteiger partial charge is 0.310 e. The summed E-state index contributed by atoms with van der Waals surface area (Å²) in [5.41, 5.74) is 1.32. The Morgan fingerprint density at radius 3 is 2.65 bits per heavy atom. The molecule has 0 amide bonds. The fourth-order valence-electron chi connectivity index (χ4n) is 1.93. The molecule has 1 unspecified atom stereocenters. The topological polar surface area (TPSA) is 46.2 Å². The van der Waals surface area contributed by atoms with E-state index in [0.717, 1.165) is 19.4 Å². The first kappa shape index (κ1) is 12.3. The van der Waals surface area contributed by atoms with Gasteiger partial charge in [0.1, 0.15) is 0 Å². The minimum absolute atomic E-state index is 0.00391. The molecule has 0 fully saturated rings. The lowest BCUT2D eigenvalue weighted by Gasteiger charge is -2.09. The molecule has 92 valence electrons. The summed E-state index contributed by atoms with van der Waals surface area (Å²) in [4.78, 5) is 0. The Labute approximate surface area is 102 Å². The number of rotatable bonds is 5. The van der Waals surface area contributed by atoms with E-state index in [0.29, 0.717) is 0 Å². The molecule has 0 radical (unpaired) electrons. The van der Waals surface area contributed by atoms with Gasteiger partial charge < -0.3 is 5.32 Å². The van der Waals surface area contributed by atoms with E-state index in [4.69, 9.17) is 0 Å². The average molecular weight is 251 g/mol. The summed E-state index contributed by atoms with van der Waals surface area (Å²) in [5.74, 6) is 0.207. The van der Waals surface area contributed by atoms with Crippen LogP contribution in [-0.4, -0.2) is 26.8 Å². The van der Waals surface area contributed by atoms with Crippen LogP contribution in [0.1, 0.15) is 12.0 Å². The summed E-state index contributed by atoms with van der Waals surface area (Å²) >= 11 is 0. The van der Waals surface area contributed by atoms with Crippen molar-refractivity contribution in [2.75, 3.05) is 12.3 Å². The molecule has 0 bridgehead atoms. The van der Waals surface area contributed by atoms with Crippen LogP contribution in [0.5, 0.6) is 0 Å².